The summed E-state index contributed by atoms with van der Waals surface area (Å²) in [6, 6.07) is 0. The molecule has 0 aliphatic carbocycles. The minimum absolute atomic E-state index is 0.155. The second-order valence-corrected chi connectivity index (χ2v) is 9.58. The van der Waals surface area contributed by atoms with Crippen LogP contribution in [0.4, 0.5) is 0 Å². The molecule has 192 valence electrons. The van der Waals surface area contributed by atoms with Gasteiger partial charge in [0, 0.05) is 0 Å². The van der Waals surface area contributed by atoms with Crippen LogP contribution in [0.5, 0.6) is 0 Å². The van der Waals surface area contributed by atoms with Crippen LogP contribution in [0.15, 0.2) is 0 Å². The van der Waals surface area contributed by atoms with Crippen LogP contribution < -0.4 is 5.73 Å². The summed E-state index contributed by atoms with van der Waals surface area (Å²) in [6.45, 7) is 3.94. The van der Waals surface area contributed by atoms with E-state index in [4.69, 9.17) is 15.2 Å². The lowest BCUT2D eigenvalue weighted by molar-refractivity contribution is -0.189. The number of primary amides is 1. The molecule has 7 heteroatoms. The van der Waals surface area contributed by atoms with Gasteiger partial charge in [-0.15, -0.1) is 0 Å². The lowest BCUT2D eigenvalue weighted by Crippen LogP contribution is -2.48. The van der Waals surface area contributed by atoms with Gasteiger partial charge in [0.05, 0.1) is 5.92 Å². The predicted molar refractivity (Wildman–Crippen MR) is 129 cm³/mol. The molecule has 0 saturated carbocycles. The summed E-state index contributed by atoms with van der Waals surface area (Å²) in [5.74, 6) is -2.43. The summed E-state index contributed by atoms with van der Waals surface area (Å²) in [5.41, 5.74) is 5.17. The maximum atomic E-state index is 12.0. The molecule has 7 nitrogen and oxygen atoms in total. The number of carboxylic acids is 1. The van der Waals surface area contributed by atoms with E-state index in [0.29, 0.717) is 12.8 Å². The highest BCUT2D eigenvalue weighted by Gasteiger charge is 2.44. The Morgan fingerprint density at radius 1 is 0.939 bits per heavy atom. The number of hydrogen-bond acceptors (Lipinski definition) is 5. The number of esters is 1. The lowest BCUT2D eigenvalue weighted by atomic mass is 9.81. The second-order valence-electron chi connectivity index (χ2n) is 9.58. The first kappa shape index (κ1) is 29.4. The Kier molecular flexibility index (Phi) is 15.9. The van der Waals surface area contributed by atoms with Gasteiger partial charge in [0.15, 0.2) is 6.10 Å². The van der Waals surface area contributed by atoms with Gasteiger partial charge in [-0.1, -0.05) is 97.3 Å². The molecule has 1 aliphatic rings. The molecule has 1 heterocycles. The van der Waals surface area contributed by atoms with Gasteiger partial charge in [-0.3, -0.25) is 9.59 Å². The molecule has 4 atom stereocenters. The molecule has 1 saturated heterocycles. The van der Waals surface area contributed by atoms with E-state index >= 15 is 0 Å². The maximum absolute atomic E-state index is 12.0. The molecule has 3 N–H and O–H groups in total. The molecule has 1 unspecified atom stereocenters. The number of hydrogen-bond donors (Lipinski definition) is 2. The van der Waals surface area contributed by atoms with Crippen LogP contribution in [0, 0.1) is 11.8 Å². The zero-order valence-corrected chi connectivity index (χ0v) is 20.9. The Morgan fingerprint density at radius 2 is 1.48 bits per heavy atom. The van der Waals surface area contributed by atoms with Crippen molar-refractivity contribution in [2.45, 2.75) is 129 Å². The molecule has 0 bridgehead atoms. The summed E-state index contributed by atoms with van der Waals surface area (Å²) in [7, 11) is 0. The minimum atomic E-state index is -1.12. The van der Waals surface area contributed by atoms with Crippen molar-refractivity contribution >= 4 is 17.8 Å². The molecule has 1 amide bonds. The van der Waals surface area contributed by atoms with Gasteiger partial charge in [0.1, 0.15) is 12.7 Å². The number of rotatable bonds is 22. The van der Waals surface area contributed by atoms with Crippen molar-refractivity contribution in [3.05, 3.63) is 0 Å². The Balaban J connectivity index is 2.57. The zero-order valence-electron chi connectivity index (χ0n) is 20.9. The molecule has 0 aromatic carbocycles. The minimum Gasteiger partial charge on any atom is -0.479 e. The zero-order chi connectivity index (χ0) is 24.5. The molecule has 1 rings (SSSR count). The highest BCUT2D eigenvalue weighted by Crippen LogP contribution is 2.35. The molecule has 1 aliphatic heterocycles. The number of unbranched alkanes of at least 4 members (excludes halogenated alkanes) is 11. The highest BCUT2D eigenvalue weighted by atomic mass is 16.6. The van der Waals surface area contributed by atoms with Crippen LogP contribution in [0.1, 0.15) is 117 Å². The highest BCUT2D eigenvalue weighted by molar-refractivity contribution is 5.79. The van der Waals surface area contributed by atoms with E-state index in [2.05, 4.69) is 13.8 Å². The number of amides is 1. The second kappa shape index (κ2) is 17.8. The van der Waals surface area contributed by atoms with Crippen LogP contribution in [-0.4, -0.2) is 41.8 Å². The summed E-state index contributed by atoms with van der Waals surface area (Å²) in [4.78, 5) is 35.1. The SMILES string of the molecule is CCCCCCCCCCCC(C[C@@H]1OC(=O)[C@H]1CCCCCC)[C@H](OCC(N)=O)C(=O)O. The van der Waals surface area contributed by atoms with Crippen LogP contribution in [0.3, 0.4) is 0 Å². The number of carbonyl (C=O) groups excluding carboxylic acids is 2. The smallest absolute Gasteiger partial charge is 0.333 e. The number of carbonyl (C=O) groups is 3. The molecule has 0 aromatic heterocycles. The summed E-state index contributed by atoms with van der Waals surface area (Å²) >= 11 is 0. The third kappa shape index (κ3) is 12.4. The van der Waals surface area contributed by atoms with Gasteiger partial charge in [-0.25, -0.2) is 4.79 Å². The van der Waals surface area contributed by atoms with E-state index in [1.807, 2.05) is 0 Å². The van der Waals surface area contributed by atoms with Gasteiger partial charge in [0.2, 0.25) is 5.91 Å². The molecule has 0 spiro atoms. The number of aliphatic carboxylic acids is 1. The Morgan fingerprint density at radius 3 is 2.00 bits per heavy atom. The average Bonchev–Trinajstić information content (AvgIpc) is 2.76. The van der Waals surface area contributed by atoms with Crippen molar-refractivity contribution in [3.63, 3.8) is 0 Å². The van der Waals surface area contributed by atoms with Crippen LogP contribution in [0.2, 0.25) is 0 Å². The number of cyclic esters (lactones) is 1. The van der Waals surface area contributed by atoms with Crippen molar-refractivity contribution < 1.29 is 29.0 Å². The standard InChI is InChI=1S/C26H47NO6/c1-3-5-7-9-10-11-12-13-14-16-20(24(25(29)30)32-19-23(27)28)18-22-21(26(31)33-22)17-15-8-6-4-2/h20-22,24H,3-19H2,1-2H3,(H2,27,28)(H,29,30)/t20?,21-,22-,24-/m0/s1. The third-order valence-corrected chi connectivity index (χ3v) is 6.68. The van der Waals surface area contributed by atoms with Crippen LogP contribution in [-0.2, 0) is 23.9 Å². The van der Waals surface area contributed by atoms with Crippen LogP contribution >= 0.6 is 0 Å². The predicted octanol–water partition coefficient (Wildman–Crippen LogP) is 5.38. The topological polar surface area (TPSA) is 116 Å². The molecule has 1 fully saturated rings. The molecule has 0 radical (unpaired) electrons. The summed E-state index contributed by atoms with van der Waals surface area (Å²) < 4.78 is 10.8. The van der Waals surface area contributed by atoms with Gasteiger partial charge in [0.25, 0.3) is 0 Å². The van der Waals surface area contributed by atoms with Crippen molar-refractivity contribution in [2.75, 3.05) is 6.61 Å². The first-order chi connectivity index (χ1) is 15.9. The van der Waals surface area contributed by atoms with E-state index in [0.717, 1.165) is 51.4 Å². The monoisotopic (exact) mass is 469 g/mol. The molecule has 33 heavy (non-hydrogen) atoms. The quantitative estimate of drug-likeness (QED) is 0.162. The van der Waals surface area contributed by atoms with Crippen molar-refractivity contribution in [1.29, 1.82) is 0 Å². The summed E-state index contributed by atoms with van der Waals surface area (Å²) in [5, 5.41) is 9.74. The van der Waals surface area contributed by atoms with Gasteiger partial charge in [-0.2, -0.15) is 0 Å². The van der Waals surface area contributed by atoms with Crippen molar-refractivity contribution in [3.8, 4) is 0 Å². The van der Waals surface area contributed by atoms with E-state index in [9.17, 15) is 19.5 Å². The number of nitrogens with two attached hydrogens (primary N) is 1. The van der Waals surface area contributed by atoms with Crippen LogP contribution in [0.25, 0.3) is 0 Å². The largest absolute Gasteiger partial charge is 0.479 e. The number of carboxylic acid groups (broad SMARTS) is 1. The van der Waals surface area contributed by atoms with Gasteiger partial charge < -0.3 is 20.3 Å². The first-order valence-electron chi connectivity index (χ1n) is 13.2. The molecular formula is C26H47NO6. The maximum Gasteiger partial charge on any atom is 0.333 e. The Labute approximate surface area is 200 Å². The van der Waals surface area contributed by atoms with E-state index < -0.39 is 24.6 Å². The van der Waals surface area contributed by atoms with Crippen molar-refractivity contribution in [1.82, 2.24) is 0 Å². The van der Waals surface area contributed by atoms with Crippen molar-refractivity contribution in [2.24, 2.45) is 17.6 Å². The van der Waals surface area contributed by atoms with E-state index in [1.54, 1.807) is 0 Å². The average molecular weight is 470 g/mol. The number of ether oxygens (including phenoxy) is 2. The lowest BCUT2D eigenvalue weighted by Gasteiger charge is -2.38. The summed E-state index contributed by atoms with van der Waals surface area (Å²) in [6.07, 6.45) is 15.5. The first-order valence-corrected chi connectivity index (χ1v) is 13.2. The normalized spacial score (nSPS) is 19.5. The van der Waals surface area contributed by atoms with Gasteiger partial charge in [-0.05, 0) is 25.2 Å². The van der Waals surface area contributed by atoms with E-state index in [1.165, 1.54) is 38.5 Å². The third-order valence-electron chi connectivity index (χ3n) is 6.68. The molecule has 0 aromatic rings. The fraction of sp³-hybridized carbons (Fsp3) is 0.885. The fourth-order valence-electron chi connectivity index (χ4n) is 4.69. The molecular weight excluding hydrogens is 422 g/mol. The van der Waals surface area contributed by atoms with Gasteiger partial charge >= 0.3 is 11.9 Å². The Bertz CT molecular complexity index is 567. The Hall–Kier alpha value is -1.63. The fourth-order valence-corrected chi connectivity index (χ4v) is 4.69. The van der Waals surface area contributed by atoms with E-state index in [-0.39, 0.29) is 23.9 Å².